The van der Waals surface area contributed by atoms with E-state index < -0.39 is 0 Å². The van der Waals surface area contributed by atoms with Crippen LogP contribution in [0.25, 0.3) is 11.0 Å². The fourth-order valence-corrected chi connectivity index (χ4v) is 3.26. The van der Waals surface area contributed by atoms with Crippen LogP contribution >= 0.6 is 0 Å². The molecular weight excluding hydrogens is 300 g/mol. The highest BCUT2D eigenvalue weighted by atomic mass is 16.2. The number of aromatic nitrogens is 2. The fourth-order valence-electron chi connectivity index (χ4n) is 3.26. The van der Waals surface area contributed by atoms with E-state index in [9.17, 15) is 4.79 Å². The first kappa shape index (κ1) is 17.0. The topological polar surface area (TPSA) is 50.2 Å². The van der Waals surface area contributed by atoms with E-state index in [0.29, 0.717) is 6.54 Å². The van der Waals surface area contributed by atoms with Gasteiger partial charge < -0.3 is 14.8 Å². The molecule has 0 spiro atoms. The second-order valence-electron chi connectivity index (χ2n) is 7.83. The SMILES string of the molecule is Cc1cc2nc(C(C)(C)C)n(CC(=O)N3CCNCC3)c2cc1C. The van der Waals surface area contributed by atoms with Crippen molar-refractivity contribution in [2.75, 3.05) is 26.2 Å². The van der Waals surface area contributed by atoms with Gasteiger partial charge in [-0.05, 0) is 37.1 Å². The van der Waals surface area contributed by atoms with E-state index in [1.807, 2.05) is 4.90 Å². The molecule has 0 aliphatic carbocycles. The summed E-state index contributed by atoms with van der Waals surface area (Å²) in [5, 5.41) is 3.29. The van der Waals surface area contributed by atoms with Crippen LogP contribution in [0.2, 0.25) is 0 Å². The van der Waals surface area contributed by atoms with Gasteiger partial charge >= 0.3 is 0 Å². The maximum absolute atomic E-state index is 12.8. The number of fused-ring (bicyclic) bond motifs is 1. The number of aryl methyl sites for hydroxylation is 2. The van der Waals surface area contributed by atoms with Gasteiger partial charge in [0.2, 0.25) is 5.91 Å². The highest BCUT2D eigenvalue weighted by Gasteiger charge is 2.26. The predicted octanol–water partition coefficient (Wildman–Crippen LogP) is 2.38. The number of imidazole rings is 1. The molecule has 0 atom stereocenters. The Labute approximate surface area is 144 Å². The van der Waals surface area contributed by atoms with Gasteiger partial charge in [-0.1, -0.05) is 20.8 Å². The predicted molar refractivity (Wildman–Crippen MR) is 97.4 cm³/mol. The highest BCUT2D eigenvalue weighted by molar-refractivity contribution is 5.82. The number of benzene rings is 1. The van der Waals surface area contributed by atoms with Gasteiger partial charge in [0.25, 0.3) is 0 Å². The molecular formula is C19H28N4O. The van der Waals surface area contributed by atoms with E-state index in [4.69, 9.17) is 4.98 Å². The molecule has 5 heteroatoms. The average molecular weight is 328 g/mol. The summed E-state index contributed by atoms with van der Waals surface area (Å²) in [7, 11) is 0. The normalized spacial score (nSPS) is 16.0. The third-order valence-corrected chi connectivity index (χ3v) is 4.80. The number of carbonyl (C=O) groups is 1. The Kier molecular flexibility index (Phi) is 4.38. The smallest absolute Gasteiger partial charge is 0.242 e. The van der Waals surface area contributed by atoms with Gasteiger partial charge in [0.15, 0.2) is 0 Å². The van der Waals surface area contributed by atoms with Gasteiger partial charge in [0.1, 0.15) is 12.4 Å². The van der Waals surface area contributed by atoms with E-state index in [0.717, 1.165) is 43.0 Å². The fraction of sp³-hybridized carbons (Fsp3) is 0.579. The van der Waals surface area contributed by atoms with Crippen molar-refractivity contribution in [2.24, 2.45) is 0 Å². The molecule has 0 radical (unpaired) electrons. The summed E-state index contributed by atoms with van der Waals surface area (Å²) in [6, 6.07) is 4.30. The first-order valence-electron chi connectivity index (χ1n) is 8.74. The molecule has 1 aliphatic heterocycles. The van der Waals surface area contributed by atoms with E-state index in [-0.39, 0.29) is 11.3 Å². The van der Waals surface area contributed by atoms with Crippen LogP contribution in [0.15, 0.2) is 12.1 Å². The number of nitrogens with one attached hydrogen (secondary N) is 1. The molecule has 1 fully saturated rings. The van der Waals surface area contributed by atoms with E-state index in [2.05, 4.69) is 56.6 Å². The van der Waals surface area contributed by atoms with E-state index >= 15 is 0 Å². The van der Waals surface area contributed by atoms with Crippen molar-refractivity contribution in [1.82, 2.24) is 19.8 Å². The monoisotopic (exact) mass is 328 g/mol. The zero-order chi connectivity index (χ0) is 17.5. The Morgan fingerprint density at radius 3 is 2.42 bits per heavy atom. The summed E-state index contributed by atoms with van der Waals surface area (Å²) < 4.78 is 2.12. The molecule has 1 saturated heterocycles. The maximum atomic E-state index is 12.8. The Morgan fingerprint density at radius 2 is 1.79 bits per heavy atom. The van der Waals surface area contributed by atoms with Crippen molar-refractivity contribution in [3.63, 3.8) is 0 Å². The highest BCUT2D eigenvalue weighted by Crippen LogP contribution is 2.28. The summed E-state index contributed by atoms with van der Waals surface area (Å²) in [6.45, 7) is 14.4. The van der Waals surface area contributed by atoms with Crippen LogP contribution in [0.4, 0.5) is 0 Å². The van der Waals surface area contributed by atoms with Gasteiger partial charge in [0.05, 0.1) is 11.0 Å². The third kappa shape index (κ3) is 3.18. The summed E-state index contributed by atoms with van der Waals surface area (Å²) in [5.41, 5.74) is 4.41. The zero-order valence-electron chi connectivity index (χ0n) is 15.4. The molecule has 24 heavy (non-hydrogen) atoms. The number of piperazine rings is 1. The largest absolute Gasteiger partial charge is 0.339 e. The van der Waals surface area contributed by atoms with Gasteiger partial charge in [-0.2, -0.15) is 0 Å². The van der Waals surface area contributed by atoms with Crippen molar-refractivity contribution >= 4 is 16.9 Å². The molecule has 5 nitrogen and oxygen atoms in total. The minimum Gasteiger partial charge on any atom is -0.339 e. The minimum atomic E-state index is -0.107. The first-order valence-corrected chi connectivity index (χ1v) is 8.74. The Bertz CT molecular complexity index is 764. The van der Waals surface area contributed by atoms with Crippen LogP contribution < -0.4 is 5.32 Å². The lowest BCUT2D eigenvalue weighted by Crippen LogP contribution is -2.47. The molecule has 1 aliphatic rings. The van der Waals surface area contributed by atoms with E-state index in [1.54, 1.807) is 0 Å². The molecule has 1 aromatic heterocycles. The Hall–Kier alpha value is -1.88. The molecule has 0 bridgehead atoms. The lowest BCUT2D eigenvalue weighted by Gasteiger charge is -2.28. The number of amides is 1. The summed E-state index contributed by atoms with van der Waals surface area (Å²) in [4.78, 5) is 19.6. The van der Waals surface area contributed by atoms with Gasteiger partial charge in [-0.3, -0.25) is 4.79 Å². The number of rotatable bonds is 2. The zero-order valence-corrected chi connectivity index (χ0v) is 15.4. The molecule has 3 rings (SSSR count). The molecule has 2 heterocycles. The van der Waals surface area contributed by atoms with Crippen molar-refractivity contribution in [3.8, 4) is 0 Å². The van der Waals surface area contributed by atoms with Gasteiger partial charge in [-0.15, -0.1) is 0 Å². The molecule has 1 amide bonds. The second kappa shape index (κ2) is 6.20. The van der Waals surface area contributed by atoms with Gasteiger partial charge in [0, 0.05) is 31.6 Å². The van der Waals surface area contributed by atoms with Crippen LogP contribution in [0.5, 0.6) is 0 Å². The van der Waals surface area contributed by atoms with Crippen LogP contribution in [-0.2, 0) is 16.8 Å². The van der Waals surface area contributed by atoms with Crippen molar-refractivity contribution in [2.45, 2.75) is 46.6 Å². The summed E-state index contributed by atoms with van der Waals surface area (Å²) in [6.07, 6.45) is 0. The van der Waals surface area contributed by atoms with Crippen molar-refractivity contribution in [1.29, 1.82) is 0 Å². The molecule has 0 unspecified atom stereocenters. The maximum Gasteiger partial charge on any atom is 0.242 e. The third-order valence-electron chi connectivity index (χ3n) is 4.80. The summed E-state index contributed by atoms with van der Waals surface area (Å²) >= 11 is 0. The molecule has 130 valence electrons. The number of nitrogens with zero attached hydrogens (tertiary/aromatic N) is 3. The second-order valence-corrected chi connectivity index (χ2v) is 7.83. The number of hydrogen-bond acceptors (Lipinski definition) is 3. The minimum absolute atomic E-state index is 0.107. The molecule has 2 aromatic rings. The van der Waals surface area contributed by atoms with Crippen molar-refractivity contribution in [3.05, 3.63) is 29.1 Å². The Morgan fingerprint density at radius 1 is 1.17 bits per heavy atom. The first-order chi connectivity index (χ1) is 11.3. The standard InChI is InChI=1S/C19H28N4O/c1-13-10-15-16(11-14(13)2)23(18(21-15)19(3,4)5)12-17(24)22-8-6-20-7-9-22/h10-11,20H,6-9,12H2,1-5H3. The average Bonchev–Trinajstić information content (AvgIpc) is 2.87. The quantitative estimate of drug-likeness (QED) is 0.921. The van der Waals surface area contributed by atoms with Crippen LogP contribution in [0.1, 0.15) is 37.7 Å². The lowest BCUT2D eigenvalue weighted by molar-refractivity contribution is -0.132. The van der Waals surface area contributed by atoms with Gasteiger partial charge in [-0.25, -0.2) is 4.98 Å². The molecule has 1 N–H and O–H groups in total. The Balaban J connectivity index is 2.03. The van der Waals surface area contributed by atoms with Crippen LogP contribution in [0, 0.1) is 13.8 Å². The number of hydrogen-bond donors (Lipinski definition) is 1. The van der Waals surface area contributed by atoms with Crippen molar-refractivity contribution < 1.29 is 4.79 Å². The molecule has 1 aromatic carbocycles. The number of carbonyl (C=O) groups excluding carboxylic acids is 1. The molecule has 0 saturated carbocycles. The lowest BCUT2D eigenvalue weighted by atomic mass is 9.95. The van der Waals surface area contributed by atoms with E-state index in [1.165, 1.54) is 11.1 Å². The van der Waals surface area contributed by atoms with Crippen LogP contribution in [-0.4, -0.2) is 46.5 Å². The van der Waals surface area contributed by atoms with Crippen LogP contribution in [0.3, 0.4) is 0 Å². The summed E-state index contributed by atoms with van der Waals surface area (Å²) in [5.74, 6) is 1.16.